The van der Waals surface area contributed by atoms with Crippen molar-refractivity contribution in [3.05, 3.63) is 29.8 Å². The second-order valence-electron chi connectivity index (χ2n) is 2.85. The molecule has 76 valence electrons. The zero-order valence-electron chi connectivity index (χ0n) is 8.59. The van der Waals surface area contributed by atoms with Crippen LogP contribution in [0.4, 0.5) is 0 Å². The van der Waals surface area contributed by atoms with Gasteiger partial charge in [-0.3, -0.25) is 0 Å². The Morgan fingerprint density at radius 2 is 1.92 bits per heavy atom. The summed E-state index contributed by atoms with van der Waals surface area (Å²) in [4.78, 5) is 2.20. The molecule has 0 N–H and O–H groups in total. The van der Waals surface area contributed by atoms with Gasteiger partial charge in [0.25, 0.3) is 0 Å². The second-order valence-corrected chi connectivity index (χ2v) is 2.85. The van der Waals surface area contributed by atoms with Gasteiger partial charge < -0.3 is 4.90 Å². The van der Waals surface area contributed by atoms with Crippen molar-refractivity contribution in [1.29, 1.82) is 0 Å². The molecular formula is C9H20NP2Ti-. The van der Waals surface area contributed by atoms with Crippen LogP contribution in [0.25, 0.3) is 0 Å². The molecule has 0 aliphatic carbocycles. The molecule has 0 spiro atoms. The minimum atomic E-state index is 0. The van der Waals surface area contributed by atoms with Gasteiger partial charge >= 0.3 is 0 Å². The van der Waals surface area contributed by atoms with Crippen LogP contribution in [0.1, 0.15) is 5.56 Å². The monoisotopic (exact) mass is 252 g/mol. The van der Waals surface area contributed by atoms with Gasteiger partial charge in [0.2, 0.25) is 0 Å². The first kappa shape index (κ1) is 19.5. The third-order valence-electron chi connectivity index (χ3n) is 1.58. The average molecular weight is 252 g/mol. The van der Waals surface area contributed by atoms with E-state index in [1.807, 2.05) is 0 Å². The van der Waals surface area contributed by atoms with Gasteiger partial charge in [0.05, 0.1) is 0 Å². The zero-order chi connectivity index (χ0) is 7.40. The van der Waals surface area contributed by atoms with Crippen LogP contribution in [-0.2, 0) is 28.1 Å². The molecule has 0 radical (unpaired) electrons. The summed E-state index contributed by atoms with van der Waals surface area (Å²) >= 11 is 0. The minimum absolute atomic E-state index is 0. The summed E-state index contributed by atoms with van der Waals surface area (Å²) in [5.41, 5.74) is 1.44. The van der Waals surface area contributed by atoms with Crippen LogP contribution < -0.4 is 0 Å². The van der Waals surface area contributed by atoms with Crippen molar-refractivity contribution in [2.24, 2.45) is 0 Å². The van der Waals surface area contributed by atoms with Crippen molar-refractivity contribution >= 4 is 19.8 Å². The molecule has 0 saturated carbocycles. The van der Waals surface area contributed by atoms with E-state index in [1.54, 1.807) is 0 Å². The molecule has 2 unspecified atom stereocenters. The summed E-state index contributed by atoms with van der Waals surface area (Å²) in [5.74, 6) is 0. The summed E-state index contributed by atoms with van der Waals surface area (Å²) in [7, 11) is 4.20. The average Bonchev–Trinajstić information content (AvgIpc) is 2.34. The summed E-state index contributed by atoms with van der Waals surface area (Å²) in [6.45, 7) is 1.14. The van der Waals surface area contributed by atoms with Crippen molar-refractivity contribution < 1.29 is 21.7 Å². The fourth-order valence-electron chi connectivity index (χ4n) is 0.933. The third-order valence-corrected chi connectivity index (χ3v) is 1.58. The molecule has 0 fully saturated rings. The largest absolute Gasteiger partial charge is 0.309 e. The molecule has 1 rings (SSSR count). The quantitative estimate of drug-likeness (QED) is 0.449. The first-order valence-corrected chi connectivity index (χ1v) is 3.64. The predicted octanol–water partition coefficient (Wildman–Crippen LogP) is 1.62. The van der Waals surface area contributed by atoms with Gasteiger partial charge in [0.1, 0.15) is 0 Å². The van der Waals surface area contributed by atoms with E-state index in [0.29, 0.717) is 0 Å². The van der Waals surface area contributed by atoms with E-state index in [4.69, 9.17) is 0 Å². The Hall–Kier alpha value is 0.884. The van der Waals surface area contributed by atoms with Crippen LogP contribution in [0.2, 0.25) is 0 Å². The van der Waals surface area contributed by atoms with Crippen LogP contribution in [0.5, 0.6) is 0 Å². The van der Waals surface area contributed by atoms with Crippen molar-refractivity contribution in [2.75, 3.05) is 20.6 Å². The Balaban J connectivity index is -0.000000333. The van der Waals surface area contributed by atoms with E-state index in [0.717, 1.165) is 6.54 Å². The molecule has 1 aromatic rings. The third kappa shape index (κ3) is 9.19. The van der Waals surface area contributed by atoms with Gasteiger partial charge in [-0.15, -0.1) is 0 Å². The molecule has 2 atom stereocenters. The molecule has 0 saturated heterocycles. The zero-order valence-corrected chi connectivity index (χ0v) is 13.0. The number of nitrogens with zero attached hydrogens (tertiary/aromatic N) is 1. The molecule has 1 nitrogen and oxygen atoms in total. The van der Waals surface area contributed by atoms with E-state index in [9.17, 15) is 0 Å². The summed E-state index contributed by atoms with van der Waals surface area (Å²) < 4.78 is 0. The smallest absolute Gasteiger partial charge is 0 e. The molecule has 0 aromatic heterocycles. The van der Waals surface area contributed by atoms with Crippen molar-refractivity contribution in [3.63, 3.8) is 0 Å². The standard InChI is InChI=1S/C9H14N.2H3P.Ti/c1-10(2)8-7-9-5-3-4-6-9;;;/h3-6H,7-8H2,1-2H3;2*1H3;/q-1;;;. The SMILES string of the molecule is CN(C)CCc1ccc[cH-]1.P.P.[Ti]. The molecule has 0 heterocycles. The molecule has 0 bridgehead atoms. The predicted molar refractivity (Wildman–Crippen MR) is 66.5 cm³/mol. The topological polar surface area (TPSA) is 3.24 Å². The first-order chi connectivity index (χ1) is 4.79. The Morgan fingerprint density at radius 1 is 1.31 bits per heavy atom. The Kier molecular flexibility index (Phi) is 16.4. The van der Waals surface area contributed by atoms with E-state index >= 15 is 0 Å². The summed E-state index contributed by atoms with van der Waals surface area (Å²) in [6, 6.07) is 8.52. The number of hydrogen-bond donors (Lipinski definition) is 0. The fourth-order valence-corrected chi connectivity index (χ4v) is 0.933. The molecule has 0 aliphatic heterocycles. The van der Waals surface area contributed by atoms with Gasteiger partial charge in [0.15, 0.2) is 0 Å². The maximum absolute atomic E-state index is 2.20. The Labute approximate surface area is 103 Å². The fraction of sp³-hybridized carbons (Fsp3) is 0.444. The minimum Gasteiger partial charge on any atom is -0.309 e. The normalized spacial score (nSPS) is 8.23. The number of hydrogen-bond acceptors (Lipinski definition) is 1. The van der Waals surface area contributed by atoms with Gasteiger partial charge in [-0.1, -0.05) is 0 Å². The van der Waals surface area contributed by atoms with Crippen molar-refractivity contribution in [2.45, 2.75) is 6.42 Å². The van der Waals surface area contributed by atoms with Gasteiger partial charge in [-0.05, 0) is 27.1 Å². The van der Waals surface area contributed by atoms with Gasteiger partial charge in [-0.2, -0.15) is 37.5 Å². The van der Waals surface area contributed by atoms with Gasteiger partial charge in [0, 0.05) is 21.7 Å². The number of likely N-dealkylation sites (N-methyl/N-ethyl adjacent to an activating group) is 1. The summed E-state index contributed by atoms with van der Waals surface area (Å²) in [5, 5.41) is 0. The number of rotatable bonds is 3. The van der Waals surface area contributed by atoms with Crippen LogP contribution in [-0.4, -0.2) is 25.5 Å². The van der Waals surface area contributed by atoms with Gasteiger partial charge in [-0.25, -0.2) is 12.1 Å². The molecule has 1 aromatic carbocycles. The Bertz CT molecular complexity index is 176. The molecule has 13 heavy (non-hydrogen) atoms. The van der Waals surface area contributed by atoms with Crippen LogP contribution in [0.3, 0.4) is 0 Å². The summed E-state index contributed by atoms with van der Waals surface area (Å²) in [6.07, 6.45) is 1.17. The second kappa shape index (κ2) is 11.0. The van der Waals surface area contributed by atoms with Crippen LogP contribution >= 0.6 is 19.8 Å². The maximum atomic E-state index is 2.20. The first-order valence-electron chi connectivity index (χ1n) is 3.64. The Morgan fingerprint density at radius 3 is 2.31 bits per heavy atom. The molecule has 4 heteroatoms. The van der Waals surface area contributed by atoms with Crippen molar-refractivity contribution in [1.82, 2.24) is 4.90 Å². The van der Waals surface area contributed by atoms with E-state index < -0.39 is 0 Å². The van der Waals surface area contributed by atoms with Crippen LogP contribution in [0.15, 0.2) is 24.3 Å². The molecule has 0 aliphatic rings. The van der Waals surface area contributed by atoms with E-state index in [-0.39, 0.29) is 41.5 Å². The van der Waals surface area contributed by atoms with Crippen molar-refractivity contribution in [3.8, 4) is 0 Å². The molecule has 0 amide bonds. The van der Waals surface area contributed by atoms with E-state index in [2.05, 4.69) is 43.3 Å². The van der Waals surface area contributed by atoms with Crippen LogP contribution in [0, 0.1) is 0 Å². The molecular weight excluding hydrogens is 232 g/mol. The maximum Gasteiger partial charge on any atom is 0 e. The van der Waals surface area contributed by atoms with E-state index in [1.165, 1.54) is 12.0 Å².